The number of carbonyl (C=O) groups is 1. The zero-order chi connectivity index (χ0) is 10.8. The van der Waals surface area contributed by atoms with E-state index in [0.717, 1.165) is 11.3 Å². The van der Waals surface area contributed by atoms with Gasteiger partial charge < -0.3 is 15.8 Å². The summed E-state index contributed by atoms with van der Waals surface area (Å²) in [6.07, 6.45) is 3.16. The molecule has 5 heteroatoms. The number of aromatic amines is 1. The quantitative estimate of drug-likeness (QED) is 0.642. The van der Waals surface area contributed by atoms with Crippen LogP contribution in [-0.2, 0) is 0 Å². The molecule has 5 nitrogen and oxygen atoms in total. The molecule has 0 atom stereocenters. The lowest BCUT2D eigenvalue weighted by Crippen LogP contribution is -2.02. The summed E-state index contributed by atoms with van der Waals surface area (Å²) in [5, 5.41) is 8.88. The van der Waals surface area contributed by atoms with Gasteiger partial charge in [-0.1, -0.05) is 6.07 Å². The average Bonchev–Trinajstić information content (AvgIpc) is 2.71. The van der Waals surface area contributed by atoms with Crippen molar-refractivity contribution in [3.05, 3.63) is 36.3 Å². The Hall–Kier alpha value is -2.30. The molecule has 0 unspecified atom stereocenters. The fourth-order valence-electron chi connectivity index (χ4n) is 1.32. The minimum absolute atomic E-state index is 0.0992. The first-order valence-electron chi connectivity index (χ1n) is 4.30. The van der Waals surface area contributed by atoms with Crippen LogP contribution < -0.4 is 5.73 Å². The third-order valence-corrected chi connectivity index (χ3v) is 2.09. The van der Waals surface area contributed by atoms with E-state index >= 15 is 0 Å². The summed E-state index contributed by atoms with van der Waals surface area (Å²) >= 11 is 0. The van der Waals surface area contributed by atoms with E-state index in [1.54, 1.807) is 18.3 Å². The molecule has 0 amide bonds. The number of anilines is 1. The van der Waals surface area contributed by atoms with Gasteiger partial charge in [0.15, 0.2) is 0 Å². The summed E-state index contributed by atoms with van der Waals surface area (Å²) < 4.78 is 0. The van der Waals surface area contributed by atoms with Gasteiger partial charge in [0, 0.05) is 11.3 Å². The van der Waals surface area contributed by atoms with Crippen molar-refractivity contribution in [2.75, 3.05) is 5.73 Å². The number of benzene rings is 1. The van der Waals surface area contributed by atoms with Crippen LogP contribution in [-0.4, -0.2) is 21.0 Å². The summed E-state index contributed by atoms with van der Waals surface area (Å²) in [7, 11) is 0. The van der Waals surface area contributed by atoms with Gasteiger partial charge in [-0.25, -0.2) is 9.78 Å². The van der Waals surface area contributed by atoms with Crippen molar-refractivity contribution in [3.63, 3.8) is 0 Å². The highest BCUT2D eigenvalue weighted by atomic mass is 16.4. The van der Waals surface area contributed by atoms with E-state index in [4.69, 9.17) is 10.8 Å². The molecule has 0 aliphatic rings. The SMILES string of the molecule is Nc1ccc(-c2cnc[nH]2)cc1C(=O)O. The number of aromatic nitrogens is 2. The third kappa shape index (κ3) is 1.67. The Morgan fingerprint density at radius 1 is 1.47 bits per heavy atom. The molecule has 2 rings (SSSR count). The molecule has 0 saturated heterocycles. The van der Waals surface area contributed by atoms with E-state index in [1.807, 2.05) is 0 Å². The Bertz CT molecular complexity index is 491. The number of nitrogens with one attached hydrogen (secondary N) is 1. The molecule has 0 aliphatic heterocycles. The molecule has 15 heavy (non-hydrogen) atoms. The summed E-state index contributed by atoms with van der Waals surface area (Å²) in [5.41, 5.74) is 7.40. The number of carboxylic acids is 1. The molecule has 0 radical (unpaired) electrons. The first kappa shape index (κ1) is 9.26. The standard InChI is InChI=1S/C10H9N3O2/c11-8-2-1-6(3-7(8)10(14)15)9-4-12-5-13-9/h1-5H,11H2,(H,12,13)(H,14,15). The van der Waals surface area contributed by atoms with Gasteiger partial charge in [-0.2, -0.15) is 0 Å². The van der Waals surface area contributed by atoms with Crippen molar-refractivity contribution in [1.29, 1.82) is 0 Å². The summed E-state index contributed by atoms with van der Waals surface area (Å²) in [4.78, 5) is 17.6. The van der Waals surface area contributed by atoms with E-state index in [0.29, 0.717) is 0 Å². The number of nitrogens with zero attached hydrogens (tertiary/aromatic N) is 1. The highest BCUT2D eigenvalue weighted by molar-refractivity contribution is 5.95. The van der Waals surface area contributed by atoms with Crippen molar-refractivity contribution in [2.24, 2.45) is 0 Å². The van der Waals surface area contributed by atoms with Gasteiger partial charge in [0.05, 0.1) is 23.8 Å². The maximum absolute atomic E-state index is 10.8. The normalized spacial score (nSPS) is 10.1. The first-order chi connectivity index (χ1) is 7.18. The van der Waals surface area contributed by atoms with Crippen LogP contribution >= 0.6 is 0 Å². The minimum Gasteiger partial charge on any atom is -0.478 e. The molecule has 0 bridgehead atoms. The van der Waals surface area contributed by atoms with Crippen LogP contribution in [0.25, 0.3) is 11.3 Å². The van der Waals surface area contributed by atoms with E-state index in [9.17, 15) is 4.79 Å². The molecule has 0 spiro atoms. The van der Waals surface area contributed by atoms with Crippen LogP contribution in [0.15, 0.2) is 30.7 Å². The van der Waals surface area contributed by atoms with E-state index in [-0.39, 0.29) is 11.3 Å². The maximum atomic E-state index is 10.8. The van der Waals surface area contributed by atoms with Crippen molar-refractivity contribution >= 4 is 11.7 Å². The molecule has 1 aromatic heterocycles. The number of rotatable bonds is 2. The van der Waals surface area contributed by atoms with Crippen molar-refractivity contribution in [2.45, 2.75) is 0 Å². The second-order valence-electron chi connectivity index (χ2n) is 3.07. The van der Waals surface area contributed by atoms with Crippen LogP contribution in [0.5, 0.6) is 0 Å². The molecule has 0 saturated carbocycles. The number of aromatic carboxylic acids is 1. The van der Waals surface area contributed by atoms with Crippen LogP contribution in [0.1, 0.15) is 10.4 Å². The second-order valence-corrected chi connectivity index (χ2v) is 3.07. The largest absolute Gasteiger partial charge is 0.478 e. The van der Waals surface area contributed by atoms with Gasteiger partial charge in [-0.15, -0.1) is 0 Å². The summed E-state index contributed by atoms with van der Waals surface area (Å²) in [6.45, 7) is 0. The monoisotopic (exact) mass is 203 g/mol. The van der Waals surface area contributed by atoms with Crippen LogP contribution in [0.4, 0.5) is 5.69 Å². The van der Waals surface area contributed by atoms with Crippen LogP contribution in [0, 0.1) is 0 Å². The molecule has 0 fully saturated rings. The minimum atomic E-state index is -1.03. The number of carboxylic acid groups (broad SMARTS) is 1. The lowest BCUT2D eigenvalue weighted by molar-refractivity contribution is 0.0698. The second kappa shape index (κ2) is 3.45. The molecule has 1 aromatic carbocycles. The highest BCUT2D eigenvalue weighted by Gasteiger charge is 2.09. The van der Waals surface area contributed by atoms with Crippen LogP contribution in [0.3, 0.4) is 0 Å². The zero-order valence-electron chi connectivity index (χ0n) is 7.77. The lowest BCUT2D eigenvalue weighted by Gasteiger charge is -2.03. The summed E-state index contributed by atoms with van der Waals surface area (Å²) in [5.74, 6) is -1.03. The molecule has 2 aromatic rings. The first-order valence-corrected chi connectivity index (χ1v) is 4.30. The number of H-pyrrole nitrogens is 1. The Kier molecular flexibility index (Phi) is 2.13. The molecular formula is C10H9N3O2. The number of imidazole rings is 1. The van der Waals surface area contributed by atoms with E-state index in [2.05, 4.69) is 9.97 Å². The zero-order valence-corrected chi connectivity index (χ0v) is 7.77. The van der Waals surface area contributed by atoms with Crippen molar-refractivity contribution in [1.82, 2.24) is 9.97 Å². The molecule has 1 heterocycles. The van der Waals surface area contributed by atoms with Crippen molar-refractivity contribution < 1.29 is 9.90 Å². The topological polar surface area (TPSA) is 92.0 Å². The fraction of sp³-hybridized carbons (Fsp3) is 0. The predicted molar refractivity (Wildman–Crippen MR) is 55.4 cm³/mol. The van der Waals surface area contributed by atoms with Gasteiger partial charge in [0.25, 0.3) is 0 Å². The van der Waals surface area contributed by atoms with Gasteiger partial charge in [0.1, 0.15) is 0 Å². The van der Waals surface area contributed by atoms with Gasteiger partial charge in [-0.3, -0.25) is 0 Å². The lowest BCUT2D eigenvalue weighted by atomic mass is 10.1. The Balaban J connectivity index is 2.52. The smallest absolute Gasteiger partial charge is 0.337 e. The van der Waals surface area contributed by atoms with Gasteiger partial charge >= 0.3 is 5.97 Å². The summed E-state index contributed by atoms with van der Waals surface area (Å²) in [6, 6.07) is 4.83. The molecule has 4 N–H and O–H groups in total. The Morgan fingerprint density at radius 2 is 2.27 bits per heavy atom. The maximum Gasteiger partial charge on any atom is 0.337 e. The van der Waals surface area contributed by atoms with E-state index < -0.39 is 5.97 Å². The van der Waals surface area contributed by atoms with Gasteiger partial charge in [-0.05, 0) is 12.1 Å². The Morgan fingerprint density at radius 3 is 2.87 bits per heavy atom. The molecule has 0 aliphatic carbocycles. The Labute approximate surface area is 85.6 Å². The molecule has 76 valence electrons. The highest BCUT2D eigenvalue weighted by Crippen LogP contribution is 2.21. The number of nitrogen functional groups attached to an aromatic ring is 1. The average molecular weight is 203 g/mol. The fourth-order valence-corrected chi connectivity index (χ4v) is 1.32. The van der Waals surface area contributed by atoms with Gasteiger partial charge in [0.2, 0.25) is 0 Å². The third-order valence-electron chi connectivity index (χ3n) is 2.09. The number of hydrogen-bond acceptors (Lipinski definition) is 3. The van der Waals surface area contributed by atoms with Crippen molar-refractivity contribution in [3.8, 4) is 11.3 Å². The number of nitrogens with two attached hydrogens (primary N) is 1. The predicted octanol–water partition coefficient (Wildman–Crippen LogP) is 1.36. The van der Waals surface area contributed by atoms with Crippen LogP contribution in [0.2, 0.25) is 0 Å². The number of hydrogen-bond donors (Lipinski definition) is 3. The molecular weight excluding hydrogens is 194 g/mol. The van der Waals surface area contributed by atoms with E-state index in [1.165, 1.54) is 12.4 Å².